The smallest absolute Gasteiger partial charge is 0.339 e. The minimum Gasteiger partial charge on any atom is -0.507 e. The minimum atomic E-state index is -1.12. The highest BCUT2D eigenvalue weighted by atomic mass is 16.4. The zero-order valence-corrected chi connectivity index (χ0v) is 12.4. The highest BCUT2D eigenvalue weighted by molar-refractivity contribution is 5.97. The summed E-state index contributed by atoms with van der Waals surface area (Å²) in [6, 6.07) is 16.0. The third-order valence-corrected chi connectivity index (χ3v) is 3.23. The van der Waals surface area contributed by atoms with Gasteiger partial charge in [-0.2, -0.15) is 0 Å². The van der Waals surface area contributed by atoms with Gasteiger partial charge in [-0.25, -0.2) is 9.59 Å². The monoisotopic (exact) mass is 326 g/mol. The lowest BCUT2D eigenvalue weighted by Crippen LogP contribution is -1.96. The molecular weight excluding hydrogens is 312 g/mol. The molecule has 0 saturated heterocycles. The number of para-hydroxylation sites is 1. The molecule has 0 heterocycles. The van der Waals surface area contributed by atoms with Crippen molar-refractivity contribution in [1.82, 2.24) is 0 Å². The molecule has 0 aliphatic carbocycles. The van der Waals surface area contributed by atoms with Crippen LogP contribution < -0.4 is 0 Å². The fourth-order valence-corrected chi connectivity index (χ4v) is 2.05. The molecule has 3 aromatic rings. The molecule has 0 fully saturated rings. The van der Waals surface area contributed by atoms with Crippen LogP contribution in [0.25, 0.3) is 10.8 Å². The van der Waals surface area contributed by atoms with E-state index in [1.165, 1.54) is 24.3 Å². The first kappa shape index (κ1) is 16.8. The Morgan fingerprint density at radius 3 is 1.62 bits per heavy atom. The van der Waals surface area contributed by atoms with Crippen molar-refractivity contribution in [2.75, 3.05) is 0 Å². The molecule has 0 bridgehead atoms. The van der Waals surface area contributed by atoms with Crippen LogP contribution in [0.4, 0.5) is 0 Å². The Labute approximate surface area is 136 Å². The molecule has 3 rings (SSSR count). The fourth-order valence-electron chi connectivity index (χ4n) is 2.05. The van der Waals surface area contributed by atoms with Crippen molar-refractivity contribution in [3.05, 3.63) is 71.8 Å². The number of carboxylic acid groups (broad SMARTS) is 2. The third-order valence-electron chi connectivity index (χ3n) is 3.23. The third kappa shape index (κ3) is 3.80. The Morgan fingerprint density at radius 1 is 0.625 bits per heavy atom. The molecule has 3 aromatic carbocycles. The Hall–Kier alpha value is -3.54. The molecule has 0 unspecified atom stereocenters. The van der Waals surface area contributed by atoms with Crippen molar-refractivity contribution >= 4 is 22.7 Å². The van der Waals surface area contributed by atoms with Gasteiger partial charge >= 0.3 is 11.9 Å². The van der Waals surface area contributed by atoms with Crippen molar-refractivity contribution in [2.45, 2.75) is 0 Å². The molecule has 0 amide bonds. The maximum absolute atomic E-state index is 10.7. The number of carbonyl (C=O) groups is 2. The van der Waals surface area contributed by atoms with E-state index in [0.717, 1.165) is 10.8 Å². The molecule has 0 aliphatic heterocycles. The van der Waals surface area contributed by atoms with Crippen LogP contribution in [0.2, 0.25) is 0 Å². The van der Waals surface area contributed by atoms with Gasteiger partial charge in [-0.3, -0.25) is 0 Å². The predicted molar refractivity (Wildman–Crippen MR) is 87.6 cm³/mol. The van der Waals surface area contributed by atoms with E-state index in [4.69, 9.17) is 15.3 Å². The zero-order valence-electron chi connectivity index (χ0n) is 12.4. The molecule has 0 aliphatic rings. The average molecular weight is 326 g/mol. The summed E-state index contributed by atoms with van der Waals surface area (Å²) in [6.45, 7) is 0. The van der Waals surface area contributed by atoms with Crippen LogP contribution in [0.3, 0.4) is 0 Å². The van der Waals surface area contributed by atoms with E-state index >= 15 is 0 Å². The van der Waals surface area contributed by atoms with Gasteiger partial charge in [0.2, 0.25) is 0 Å². The zero-order chi connectivity index (χ0) is 17.7. The van der Waals surface area contributed by atoms with E-state index in [1.807, 2.05) is 18.2 Å². The molecule has 0 saturated carbocycles. The van der Waals surface area contributed by atoms with E-state index in [9.17, 15) is 14.7 Å². The summed E-state index contributed by atoms with van der Waals surface area (Å²) >= 11 is 0. The molecule has 0 radical (unpaired) electrons. The summed E-state index contributed by atoms with van der Waals surface area (Å²) < 4.78 is 0. The number of hydrogen-bond acceptors (Lipinski definition) is 4. The summed E-state index contributed by atoms with van der Waals surface area (Å²) in [4.78, 5) is 21.0. The highest BCUT2D eigenvalue weighted by Gasteiger charge is 2.09. The van der Waals surface area contributed by atoms with Gasteiger partial charge in [-0.1, -0.05) is 36.4 Å². The molecule has 6 heteroatoms. The normalized spacial score (nSPS) is 9.83. The lowest BCUT2D eigenvalue weighted by atomic mass is 10.1. The number of carboxylic acids is 2. The number of phenols is 2. The predicted octanol–water partition coefficient (Wildman–Crippen LogP) is 3.33. The van der Waals surface area contributed by atoms with Gasteiger partial charge in [0.1, 0.15) is 22.6 Å². The summed E-state index contributed by atoms with van der Waals surface area (Å²) in [5.41, 5.74) is -0.133. The van der Waals surface area contributed by atoms with Crippen LogP contribution in [0, 0.1) is 0 Å². The number of fused-ring (bicyclic) bond motifs is 1. The van der Waals surface area contributed by atoms with Crippen LogP contribution in [0.1, 0.15) is 20.7 Å². The Kier molecular flexibility index (Phi) is 5.01. The summed E-state index contributed by atoms with van der Waals surface area (Å²) in [5, 5.41) is 37.1. The van der Waals surface area contributed by atoms with Crippen LogP contribution in [0.15, 0.2) is 60.7 Å². The highest BCUT2D eigenvalue weighted by Crippen LogP contribution is 2.24. The van der Waals surface area contributed by atoms with Crippen molar-refractivity contribution in [3.8, 4) is 11.5 Å². The topological polar surface area (TPSA) is 115 Å². The molecule has 0 atom stereocenters. The number of hydrogen-bond donors (Lipinski definition) is 4. The molecule has 4 N–H and O–H groups in total. The van der Waals surface area contributed by atoms with Crippen LogP contribution in [0.5, 0.6) is 11.5 Å². The first-order chi connectivity index (χ1) is 11.4. The largest absolute Gasteiger partial charge is 0.507 e. The van der Waals surface area contributed by atoms with E-state index < -0.39 is 11.9 Å². The fraction of sp³-hybridized carbons (Fsp3) is 0. The van der Waals surface area contributed by atoms with Crippen LogP contribution >= 0.6 is 0 Å². The first-order valence-corrected chi connectivity index (χ1v) is 6.86. The number of benzene rings is 3. The Balaban J connectivity index is 0.000000185. The van der Waals surface area contributed by atoms with Crippen molar-refractivity contribution in [2.24, 2.45) is 0 Å². The number of aromatic carboxylic acids is 2. The number of aromatic hydroxyl groups is 2. The second kappa shape index (κ2) is 7.15. The SMILES string of the molecule is O=C(O)c1cc2ccccc2cc1O.O=C(O)c1ccccc1O. The van der Waals surface area contributed by atoms with Crippen LogP contribution in [-0.4, -0.2) is 32.4 Å². The minimum absolute atomic E-state index is 0.0660. The Morgan fingerprint density at radius 2 is 1.12 bits per heavy atom. The standard InChI is InChI=1S/C11H8O3.C7H6O3/c12-10-6-8-4-2-1-3-7(8)5-9(10)11(13)14;8-6-4-2-1-3-5(6)7(9)10/h1-6,12H,(H,13,14);1-4,8H,(H,9,10). The quantitative estimate of drug-likeness (QED) is 0.574. The van der Waals surface area contributed by atoms with Crippen molar-refractivity contribution in [1.29, 1.82) is 0 Å². The van der Waals surface area contributed by atoms with E-state index in [2.05, 4.69) is 0 Å². The maximum Gasteiger partial charge on any atom is 0.339 e. The molecule has 0 aromatic heterocycles. The second-order valence-corrected chi connectivity index (χ2v) is 4.84. The first-order valence-electron chi connectivity index (χ1n) is 6.86. The molecular formula is C18H14O6. The van der Waals surface area contributed by atoms with Crippen molar-refractivity contribution in [3.63, 3.8) is 0 Å². The molecule has 0 spiro atoms. The second-order valence-electron chi connectivity index (χ2n) is 4.84. The van der Waals surface area contributed by atoms with Gasteiger partial charge in [0.25, 0.3) is 0 Å². The Bertz CT molecular complexity index is 901. The maximum atomic E-state index is 10.7. The van der Waals surface area contributed by atoms with Gasteiger partial charge in [0, 0.05) is 0 Å². The van der Waals surface area contributed by atoms with Gasteiger partial charge in [0.05, 0.1) is 0 Å². The lowest BCUT2D eigenvalue weighted by Gasteiger charge is -2.02. The number of rotatable bonds is 2. The molecule has 6 nitrogen and oxygen atoms in total. The van der Waals surface area contributed by atoms with Gasteiger partial charge < -0.3 is 20.4 Å². The van der Waals surface area contributed by atoms with Crippen molar-refractivity contribution < 1.29 is 30.0 Å². The van der Waals surface area contributed by atoms with Gasteiger partial charge in [-0.05, 0) is 35.0 Å². The summed E-state index contributed by atoms with van der Waals surface area (Å²) in [5.74, 6) is -2.63. The summed E-state index contributed by atoms with van der Waals surface area (Å²) in [7, 11) is 0. The molecule has 24 heavy (non-hydrogen) atoms. The lowest BCUT2D eigenvalue weighted by molar-refractivity contribution is 0.0682. The van der Waals surface area contributed by atoms with E-state index in [-0.39, 0.29) is 22.6 Å². The van der Waals surface area contributed by atoms with E-state index in [0.29, 0.717) is 0 Å². The average Bonchev–Trinajstić information content (AvgIpc) is 2.54. The van der Waals surface area contributed by atoms with Gasteiger partial charge in [0.15, 0.2) is 0 Å². The summed E-state index contributed by atoms with van der Waals surface area (Å²) in [6.07, 6.45) is 0. The van der Waals surface area contributed by atoms with Crippen LogP contribution in [-0.2, 0) is 0 Å². The van der Waals surface area contributed by atoms with Gasteiger partial charge in [-0.15, -0.1) is 0 Å². The van der Waals surface area contributed by atoms with E-state index in [1.54, 1.807) is 18.2 Å². The molecule has 122 valence electrons.